The number of rotatable bonds is 6. The first-order chi connectivity index (χ1) is 11.4. The first-order valence-electron chi connectivity index (χ1n) is 6.99. The zero-order valence-corrected chi connectivity index (χ0v) is 12.8. The lowest BCUT2D eigenvalue weighted by Gasteiger charge is -2.09. The number of ether oxygens (including phenoxy) is 1. The van der Waals surface area contributed by atoms with Gasteiger partial charge in [-0.25, -0.2) is 0 Å². The Labute approximate surface area is 137 Å². The van der Waals surface area contributed by atoms with Crippen LogP contribution in [0, 0.1) is 10.1 Å². The Morgan fingerprint density at radius 3 is 2.42 bits per heavy atom. The van der Waals surface area contributed by atoms with Crippen LogP contribution in [-0.4, -0.2) is 23.3 Å². The summed E-state index contributed by atoms with van der Waals surface area (Å²) in [5, 5.41) is 15.8. The quantitative estimate of drug-likeness (QED) is 0.625. The number of anilines is 2. The molecule has 0 radical (unpaired) electrons. The number of benzene rings is 2. The minimum absolute atomic E-state index is 0.114. The topological polar surface area (TPSA) is 111 Å². The molecule has 0 atom stereocenters. The van der Waals surface area contributed by atoms with Crippen LogP contribution in [0.2, 0.25) is 0 Å². The zero-order chi connectivity index (χ0) is 17.5. The minimum atomic E-state index is -0.542. The van der Waals surface area contributed by atoms with Gasteiger partial charge in [0.1, 0.15) is 5.75 Å². The number of nitrogens with one attached hydrogen (secondary N) is 2. The summed E-state index contributed by atoms with van der Waals surface area (Å²) in [4.78, 5) is 33.0. The summed E-state index contributed by atoms with van der Waals surface area (Å²) in [5.41, 5.74) is 0.751. The summed E-state index contributed by atoms with van der Waals surface area (Å²) >= 11 is 0. The molecular weight excluding hydrogens is 314 g/mol. The van der Waals surface area contributed by atoms with Gasteiger partial charge >= 0.3 is 0 Å². The van der Waals surface area contributed by atoms with Crippen molar-refractivity contribution in [2.45, 2.75) is 6.92 Å². The molecule has 2 amide bonds. The monoisotopic (exact) mass is 329 g/mol. The van der Waals surface area contributed by atoms with Gasteiger partial charge in [-0.1, -0.05) is 12.1 Å². The summed E-state index contributed by atoms with van der Waals surface area (Å²) < 4.78 is 5.34. The van der Waals surface area contributed by atoms with E-state index in [0.29, 0.717) is 17.1 Å². The number of nitro groups is 1. The molecule has 0 fully saturated rings. The van der Waals surface area contributed by atoms with Gasteiger partial charge in [0, 0.05) is 36.5 Å². The summed E-state index contributed by atoms with van der Waals surface area (Å²) in [6, 6.07) is 12.2. The number of nitrogens with zero attached hydrogens (tertiary/aromatic N) is 1. The molecule has 0 aliphatic rings. The molecule has 0 spiro atoms. The molecule has 2 N–H and O–H groups in total. The summed E-state index contributed by atoms with van der Waals surface area (Å²) in [5.74, 6) is -0.258. The minimum Gasteiger partial charge on any atom is -0.484 e. The lowest BCUT2D eigenvalue weighted by molar-refractivity contribution is -0.384. The Morgan fingerprint density at radius 2 is 1.75 bits per heavy atom. The molecule has 0 aromatic heterocycles. The van der Waals surface area contributed by atoms with E-state index in [2.05, 4.69) is 10.6 Å². The average molecular weight is 329 g/mol. The fourth-order valence-corrected chi connectivity index (χ4v) is 1.91. The maximum atomic E-state index is 11.9. The Morgan fingerprint density at radius 1 is 1.08 bits per heavy atom. The van der Waals surface area contributed by atoms with Crippen molar-refractivity contribution in [1.29, 1.82) is 0 Å². The SMILES string of the molecule is CC(=O)Nc1cccc(OCC(=O)Nc2cccc([N+](=O)[O-])c2)c1. The highest BCUT2D eigenvalue weighted by Crippen LogP contribution is 2.18. The van der Waals surface area contributed by atoms with E-state index in [9.17, 15) is 19.7 Å². The van der Waals surface area contributed by atoms with E-state index < -0.39 is 10.8 Å². The van der Waals surface area contributed by atoms with Crippen LogP contribution in [0.1, 0.15) is 6.92 Å². The zero-order valence-electron chi connectivity index (χ0n) is 12.8. The molecule has 2 aromatic rings. The first kappa shape index (κ1) is 16.9. The Hall–Kier alpha value is -3.42. The van der Waals surface area contributed by atoms with Gasteiger partial charge in [0.2, 0.25) is 5.91 Å². The number of hydrogen-bond acceptors (Lipinski definition) is 5. The maximum absolute atomic E-state index is 11.9. The van der Waals surface area contributed by atoms with E-state index in [-0.39, 0.29) is 18.2 Å². The van der Waals surface area contributed by atoms with E-state index in [1.165, 1.54) is 25.1 Å². The van der Waals surface area contributed by atoms with Gasteiger partial charge < -0.3 is 15.4 Å². The molecule has 0 unspecified atom stereocenters. The van der Waals surface area contributed by atoms with Crippen molar-refractivity contribution >= 4 is 28.9 Å². The molecule has 0 saturated carbocycles. The van der Waals surface area contributed by atoms with Crippen molar-refractivity contribution < 1.29 is 19.2 Å². The van der Waals surface area contributed by atoms with Crippen LogP contribution in [0.3, 0.4) is 0 Å². The van der Waals surface area contributed by atoms with Gasteiger partial charge in [-0.05, 0) is 18.2 Å². The molecule has 0 bridgehead atoms. The third kappa shape index (κ3) is 5.09. The number of carbonyl (C=O) groups excluding carboxylic acids is 2. The van der Waals surface area contributed by atoms with Crippen LogP contribution in [-0.2, 0) is 9.59 Å². The van der Waals surface area contributed by atoms with Gasteiger partial charge in [0.25, 0.3) is 11.6 Å². The van der Waals surface area contributed by atoms with Gasteiger partial charge in [-0.3, -0.25) is 19.7 Å². The Bertz CT molecular complexity index is 776. The second-order valence-electron chi connectivity index (χ2n) is 4.85. The standard InChI is InChI=1S/C16H15N3O5/c1-11(20)17-13-5-3-7-15(9-13)24-10-16(21)18-12-4-2-6-14(8-12)19(22)23/h2-9H,10H2,1H3,(H,17,20)(H,18,21). The number of nitro benzene ring substituents is 1. The number of carbonyl (C=O) groups is 2. The summed E-state index contributed by atoms with van der Waals surface area (Å²) in [6.07, 6.45) is 0. The second kappa shape index (κ2) is 7.73. The molecule has 124 valence electrons. The van der Waals surface area contributed by atoms with Crippen LogP contribution in [0.4, 0.5) is 17.1 Å². The van der Waals surface area contributed by atoms with Gasteiger partial charge in [0.15, 0.2) is 6.61 Å². The van der Waals surface area contributed by atoms with E-state index in [1.54, 1.807) is 30.3 Å². The Kier molecular flexibility index (Phi) is 5.45. The highest BCUT2D eigenvalue weighted by Gasteiger charge is 2.09. The van der Waals surface area contributed by atoms with Crippen molar-refractivity contribution in [1.82, 2.24) is 0 Å². The first-order valence-corrected chi connectivity index (χ1v) is 6.99. The number of non-ortho nitro benzene ring substituents is 1. The van der Waals surface area contributed by atoms with Crippen LogP contribution in [0.25, 0.3) is 0 Å². The fraction of sp³-hybridized carbons (Fsp3) is 0.125. The highest BCUT2D eigenvalue weighted by molar-refractivity contribution is 5.92. The van der Waals surface area contributed by atoms with Gasteiger partial charge in [-0.2, -0.15) is 0 Å². The van der Waals surface area contributed by atoms with Crippen LogP contribution < -0.4 is 15.4 Å². The lowest BCUT2D eigenvalue weighted by atomic mass is 10.3. The van der Waals surface area contributed by atoms with Gasteiger partial charge in [0.05, 0.1) is 4.92 Å². The number of hydrogen-bond donors (Lipinski definition) is 2. The molecule has 2 rings (SSSR count). The Balaban J connectivity index is 1.92. The molecule has 8 nitrogen and oxygen atoms in total. The van der Waals surface area contributed by atoms with E-state index in [0.717, 1.165) is 0 Å². The predicted octanol–water partition coefficient (Wildman–Crippen LogP) is 2.57. The summed E-state index contributed by atoms with van der Waals surface area (Å²) in [6.45, 7) is 1.12. The molecule has 0 aliphatic carbocycles. The molecule has 8 heteroatoms. The molecule has 0 heterocycles. The van der Waals surface area contributed by atoms with Crippen molar-refractivity contribution in [3.63, 3.8) is 0 Å². The largest absolute Gasteiger partial charge is 0.484 e. The molecule has 0 saturated heterocycles. The molecule has 2 aromatic carbocycles. The van der Waals surface area contributed by atoms with Gasteiger partial charge in [-0.15, -0.1) is 0 Å². The van der Waals surface area contributed by atoms with Crippen LogP contribution in [0.5, 0.6) is 5.75 Å². The summed E-state index contributed by atoms with van der Waals surface area (Å²) in [7, 11) is 0. The normalized spacial score (nSPS) is 9.88. The lowest BCUT2D eigenvalue weighted by Crippen LogP contribution is -2.20. The molecule has 0 aliphatic heterocycles. The number of amides is 2. The van der Waals surface area contributed by atoms with Crippen LogP contribution >= 0.6 is 0 Å². The van der Waals surface area contributed by atoms with E-state index >= 15 is 0 Å². The van der Waals surface area contributed by atoms with Crippen molar-refractivity contribution in [2.24, 2.45) is 0 Å². The van der Waals surface area contributed by atoms with E-state index in [1.807, 2.05) is 0 Å². The maximum Gasteiger partial charge on any atom is 0.271 e. The third-order valence-corrected chi connectivity index (χ3v) is 2.87. The molecular formula is C16H15N3O5. The smallest absolute Gasteiger partial charge is 0.271 e. The third-order valence-electron chi connectivity index (χ3n) is 2.87. The predicted molar refractivity (Wildman–Crippen MR) is 88.0 cm³/mol. The average Bonchev–Trinajstić information content (AvgIpc) is 2.53. The second-order valence-corrected chi connectivity index (χ2v) is 4.85. The van der Waals surface area contributed by atoms with E-state index in [4.69, 9.17) is 4.74 Å². The highest BCUT2D eigenvalue weighted by atomic mass is 16.6. The molecule has 24 heavy (non-hydrogen) atoms. The van der Waals surface area contributed by atoms with Crippen LogP contribution in [0.15, 0.2) is 48.5 Å². The fourth-order valence-electron chi connectivity index (χ4n) is 1.91. The van der Waals surface area contributed by atoms with Crippen molar-refractivity contribution in [3.05, 3.63) is 58.6 Å². The van der Waals surface area contributed by atoms with Crippen molar-refractivity contribution in [2.75, 3.05) is 17.2 Å². The van der Waals surface area contributed by atoms with Crippen molar-refractivity contribution in [3.8, 4) is 5.75 Å².